The number of hydrogen-bond acceptors (Lipinski definition) is 9. The average molecular weight is 710 g/mol. The van der Waals surface area contributed by atoms with Crippen LogP contribution in [0.15, 0.2) is 97.1 Å². The Morgan fingerprint density at radius 3 is 2.39 bits per heavy atom. The van der Waals surface area contributed by atoms with E-state index < -0.39 is 31.5 Å². The number of carbonyl (C=O) groups is 1. The summed E-state index contributed by atoms with van der Waals surface area (Å²) < 4.78 is 41.3. The van der Waals surface area contributed by atoms with Gasteiger partial charge in [-0.3, -0.25) is 9.32 Å². The molecular formula is C39H44N5O6P. The van der Waals surface area contributed by atoms with Gasteiger partial charge in [-0.25, -0.2) is 14.5 Å². The number of fused-ring (bicyclic) bond motifs is 4. The van der Waals surface area contributed by atoms with Crippen molar-refractivity contribution in [3.63, 3.8) is 0 Å². The molecule has 0 saturated heterocycles. The first-order valence-electron chi connectivity index (χ1n) is 17.0. The van der Waals surface area contributed by atoms with Gasteiger partial charge in [0.2, 0.25) is 0 Å². The lowest BCUT2D eigenvalue weighted by Crippen LogP contribution is -2.42. The second kappa shape index (κ2) is 15.2. The van der Waals surface area contributed by atoms with Crippen molar-refractivity contribution >= 4 is 52.2 Å². The number of anilines is 1. The normalized spacial score (nSPS) is 14.4. The van der Waals surface area contributed by atoms with Crippen LogP contribution in [-0.2, 0) is 42.9 Å². The number of para-hydroxylation sites is 1. The van der Waals surface area contributed by atoms with Crippen molar-refractivity contribution in [1.29, 1.82) is 0 Å². The molecule has 0 saturated carbocycles. The maximum absolute atomic E-state index is 15.1. The van der Waals surface area contributed by atoms with Gasteiger partial charge in [-0.05, 0) is 75.6 Å². The highest BCUT2D eigenvalue weighted by Gasteiger charge is 2.38. The molecule has 0 spiro atoms. The number of nitrogens with two attached hydrogens (primary N) is 1. The van der Waals surface area contributed by atoms with Crippen molar-refractivity contribution in [2.24, 2.45) is 0 Å². The molecule has 6 aromatic rings. The van der Waals surface area contributed by atoms with Crippen LogP contribution in [0.25, 0.3) is 32.7 Å². The van der Waals surface area contributed by atoms with Crippen molar-refractivity contribution in [2.45, 2.75) is 71.9 Å². The summed E-state index contributed by atoms with van der Waals surface area (Å²) in [7, 11) is -4.31. The predicted molar refractivity (Wildman–Crippen MR) is 200 cm³/mol. The van der Waals surface area contributed by atoms with E-state index in [9.17, 15) is 4.79 Å². The molecule has 3 atom stereocenters. The summed E-state index contributed by atoms with van der Waals surface area (Å²) in [6, 6.07) is 29.3. The fraction of sp³-hybridized carbons (Fsp3) is 0.308. The lowest BCUT2D eigenvalue weighted by atomic mass is 10.1. The first-order valence-corrected chi connectivity index (χ1v) is 18.6. The maximum atomic E-state index is 15.1. The number of nitrogen functional groups attached to an aromatic ring is 1. The van der Waals surface area contributed by atoms with E-state index in [2.05, 4.69) is 10.1 Å². The van der Waals surface area contributed by atoms with Crippen molar-refractivity contribution in [2.75, 3.05) is 12.3 Å². The van der Waals surface area contributed by atoms with Crippen molar-refractivity contribution in [3.8, 4) is 5.75 Å². The smallest absolute Gasteiger partial charge is 0.459 e. The first-order chi connectivity index (χ1) is 24.4. The zero-order chi connectivity index (χ0) is 36.2. The number of imidazole rings is 1. The topological polar surface area (TPSA) is 140 Å². The van der Waals surface area contributed by atoms with Gasteiger partial charge in [0.1, 0.15) is 35.3 Å². The molecular weight excluding hydrogens is 665 g/mol. The molecule has 11 nitrogen and oxygen atoms in total. The minimum atomic E-state index is -4.31. The molecule has 0 aliphatic heterocycles. The zero-order valence-corrected chi connectivity index (χ0v) is 30.4. The molecule has 2 heterocycles. The Hall–Kier alpha value is -4.80. The van der Waals surface area contributed by atoms with E-state index in [0.29, 0.717) is 35.0 Å². The Labute approximate surface area is 297 Å². The van der Waals surface area contributed by atoms with Gasteiger partial charge in [-0.15, -0.1) is 0 Å². The maximum Gasteiger partial charge on any atom is 0.459 e. The molecule has 2 aromatic heterocycles. The fourth-order valence-electron chi connectivity index (χ4n) is 5.97. The lowest BCUT2D eigenvalue weighted by Gasteiger charge is -2.29. The summed E-state index contributed by atoms with van der Waals surface area (Å²) >= 11 is 0. The molecule has 3 N–H and O–H groups in total. The highest BCUT2D eigenvalue weighted by atomic mass is 31.2. The summed E-state index contributed by atoms with van der Waals surface area (Å²) in [5.41, 5.74) is 8.47. The van der Waals surface area contributed by atoms with Gasteiger partial charge in [0.25, 0.3) is 0 Å². The Balaban J connectivity index is 1.38. The lowest BCUT2D eigenvalue weighted by molar-refractivity contribution is -0.157. The van der Waals surface area contributed by atoms with E-state index in [1.807, 2.05) is 96.4 Å². The van der Waals surface area contributed by atoms with Gasteiger partial charge in [-0.1, -0.05) is 78.9 Å². The fourth-order valence-corrected chi connectivity index (χ4v) is 7.64. The van der Waals surface area contributed by atoms with E-state index in [1.165, 1.54) is 0 Å². The van der Waals surface area contributed by atoms with Crippen LogP contribution >= 0.6 is 7.75 Å². The standard InChI is InChI=1S/C39H44N5O6P/c1-6-47-25-34-42-35-36(31-18-12-13-19-32(31)41-37(35)40)44(34)24-26(2)49-51(46,50-30-21-20-28-16-10-11-17-29(28)23-30)43-33(38(45)48-39(3,4)5)22-27-14-8-7-9-15-27/h7-21,23,26,33H,6,22,24-25H2,1-5H3,(H2,40,41)(H,43,46)/t26-,33+,51?/m1/s1. The largest absolute Gasteiger partial charge is 0.459 e. The minimum absolute atomic E-state index is 0.182. The van der Waals surface area contributed by atoms with E-state index in [-0.39, 0.29) is 19.6 Å². The molecule has 4 aromatic carbocycles. The molecule has 0 amide bonds. The van der Waals surface area contributed by atoms with E-state index in [4.69, 9.17) is 29.2 Å². The number of esters is 1. The summed E-state index contributed by atoms with van der Waals surface area (Å²) in [5.74, 6) is 0.635. The van der Waals surface area contributed by atoms with Gasteiger partial charge in [0, 0.05) is 12.0 Å². The van der Waals surface area contributed by atoms with Crippen LogP contribution in [0.2, 0.25) is 0 Å². The van der Waals surface area contributed by atoms with Crippen molar-refractivity contribution in [3.05, 3.63) is 108 Å². The van der Waals surface area contributed by atoms with Crippen LogP contribution in [0.1, 0.15) is 46.0 Å². The molecule has 51 heavy (non-hydrogen) atoms. The molecule has 6 rings (SSSR count). The molecule has 0 fully saturated rings. The molecule has 0 aliphatic rings. The second-order valence-corrected chi connectivity index (χ2v) is 15.1. The van der Waals surface area contributed by atoms with E-state index in [1.54, 1.807) is 39.8 Å². The summed E-state index contributed by atoms with van der Waals surface area (Å²) in [6.07, 6.45) is -0.549. The van der Waals surface area contributed by atoms with Crippen LogP contribution in [0.4, 0.5) is 5.82 Å². The number of rotatable bonds is 14. The predicted octanol–water partition coefficient (Wildman–Crippen LogP) is 7.99. The number of ether oxygens (including phenoxy) is 2. The molecule has 0 bridgehead atoms. The van der Waals surface area contributed by atoms with E-state index >= 15 is 4.57 Å². The third-order valence-electron chi connectivity index (χ3n) is 8.12. The van der Waals surface area contributed by atoms with Gasteiger partial charge >= 0.3 is 13.7 Å². The average Bonchev–Trinajstić information content (AvgIpc) is 3.45. The summed E-state index contributed by atoms with van der Waals surface area (Å²) in [4.78, 5) is 23.1. The van der Waals surface area contributed by atoms with Crippen LogP contribution in [-0.4, -0.2) is 44.9 Å². The molecule has 1 unspecified atom stereocenters. The van der Waals surface area contributed by atoms with Crippen LogP contribution in [0, 0.1) is 0 Å². The molecule has 0 radical (unpaired) electrons. The first kappa shape index (κ1) is 36.0. The number of nitrogens with zero attached hydrogens (tertiary/aromatic N) is 3. The molecule has 12 heteroatoms. The van der Waals surface area contributed by atoms with Gasteiger partial charge in [0.15, 0.2) is 5.82 Å². The number of aromatic nitrogens is 3. The SMILES string of the molecule is CCOCc1nc2c(N)nc3ccccc3c2n1C[C@@H](C)OP(=O)(N[C@@H](Cc1ccccc1)C(=O)OC(C)(C)C)Oc1ccc2ccccc2c1. The minimum Gasteiger partial charge on any atom is -0.459 e. The Bertz CT molecular complexity index is 2200. The third kappa shape index (κ3) is 8.75. The van der Waals surface area contributed by atoms with Crippen LogP contribution < -0.4 is 15.3 Å². The Morgan fingerprint density at radius 2 is 1.65 bits per heavy atom. The van der Waals surface area contributed by atoms with Crippen molar-refractivity contribution < 1.29 is 27.9 Å². The molecule has 0 aliphatic carbocycles. The van der Waals surface area contributed by atoms with Gasteiger partial charge in [0.05, 0.1) is 23.7 Å². The summed E-state index contributed by atoms with van der Waals surface area (Å²) in [5, 5.41) is 5.73. The van der Waals surface area contributed by atoms with E-state index in [0.717, 1.165) is 27.2 Å². The number of carbonyl (C=O) groups excluding carboxylic acids is 1. The van der Waals surface area contributed by atoms with Crippen LogP contribution in [0.5, 0.6) is 5.75 Å². The highest BCUT2D eigenvalue weighted by molar-refractivity contribution is 7.52. The van der Waals surface area contributed by atoms with Crippen LogP contribution in [0.3, 0.4) is 0 Å². The summed E-state index contributed by atoms with van der Waals surface area (Å²) in [6.45, 7) is 9.96. The van der Waals surface area contributed by atoms with Gasteiger partial charge < -0.3 is 24.3 Å². The van der Waals surface area contributed by atoms with Gasteiger partial charge in [-0.2, -0.15) is 5.09 Å². The molecule has 266 valence electrons. The monoisotopic (exact) mass is 709 g/mol. The second-order valence-electron chi connectivity index (χ2n) is 13.4. The number of nitrogens with one attached hydrogen (secondary N) is 1. The Morgan fingerprint density at radius 1 is 0.941 bits per heavy atom. The van der Waals surface area contributed by atoms with Crippen molar-refractivity contribution in [1.82, 2.24) is 19.6 Å². The number of pyridine rings is 1. The Kier molecular flexibility index (Phi) is 10.7. The quantitative estimate of drug-likeness (QED) is 0.0845. The zero-order valence-electron chi connectivity index (χ0n) is 29.5. The third-order valence-corrected chi connectivity index (χ3v) is 9.83. The number of benzene rings is 4. The number of hydrogen-bond donors (Lipinski definition) is 2. The highest BCUT2D eigenvalue weighted by Crippen LogP contribution is 2.47.